The molecule has 4 aromatic rings. The molecule has 1 saturated carbocycles. The quantitative estimate of drug-likeness (QED) is 0.319. The van der Waals surface area contributed by atoms with Gasteiger partial charge in [0.05, 0.1) is 30.5 Å². The van der Waals surface area contributed by atoms with E-state index in [0.717, 1.165) is 23.6 Å². The number of thiophene rings is 1. The van der Waals surface area contributed by atoms with Gasteiger partial charge in [0.1, 0.15) is 21.7 Å². The zero-order valence-corrected chi connectivity index (χ0v) is 25.7. The van der Waals surface area contributed by atoms with E-state index in [0.29, 0.717) is 35.7 Å². The first-order valence-electron chi connectivity index (χ1n) is 14.6. The molecule has 42 heavy (non-hydrogen) atoms. The van der Waals surface area contributed by atoms with Crippen LogP contribution in [0.4, 0.5) is 4.79 Å². The van der Waals surface area contributed by atoms with Gasteiger partial charge in [-0.05, 0) is 75.6 Å². The summed E-state index contributed by atoms with van der Waals surface area (Å²) in [5.74, 6) is 1.88. The molecule has 10 nitrogen and oxygen atoms in total. The Bertz CT molecular complexity index is 1640. The summed E-state index contributed by atoms with van der Waals surface area (Å²) in [5, 5.41) is 16.6. The number of rotatable bonds is 6. The molecule has 0 bridgehead atoms. The van der Waals surface area contributed by atoms with Crippen molar-refractivity contribution in [3.05, 3.63) is 35.2 Å². The van der Waals surface area contributed by atoms with E-state index in [-0.39, 0.29) is 12.5 Å². The molecule has 2 atom stereocenters. The molecule has 1 aliphatic carbocycles. The molecule has 224 valence electrons. The number of hydrogen-bond donors (Lipinski definition) is 2. The summed E-state index contributed by atoms with van der Waals surface area (Å²) >= 11 is 1.75. The number of hydrogen-bond acceptors (Lipinski definition) is 7. The first-order valence-corrected chi connectivity index (χ1v) is 15.5. The Hall–Kier alpha value is -3.57. The first-order chi connectivity index (χ1) is 20.0. The predicted molar refractivity (Wildman–Crippen MR) is 163 cm³/mol. The molecule has 3 aromatic heterocycles. The third-order valence-corrected chi connectivity index (χ3v) is 9.32. The van der Waals surface area contributed by atoms with Crippen molar-refractivity contribution in [2.75, 3.05) is 20.2 Å². The fourth-order valence-electron chi connectivity index (χ4n) is 6.00. The van der Waals surface area contributed by atoms with Crippen molar-refractivity contribution in [3.8, 4) is 17.3 Å². The molecule has 2 aliphatic rings. The molecule has 4 heterocycles. The van der Waals surface area contributed by atoms with E-state index in [1.807, 2.05) is 13.1 Å². The summed E-state index contributed by atoms with van der Waals surface area (Å²) in [6, 6.07) is 7.29. The molecule has 0 radical (unpaired) electrons. The standard InChI is InChI=1S/C31H39N5O5S/c1-31(2,3)41-30(39)33-22-17-35(11-9-24(22)37)28(38)20-13-21-26(25(15-20)40-5)34(4)27(32-21)23-14-19-10-12-42-29(19)36(23)16-18-7-6-8-18/h10,12-15,18,22,24,37H,6-9,11,16-17H2,1-5H3,(H,33,39)/t22-,24+/m0/s1. The smallest absolute Gasteiger partial charge is 0.408 e. The number of fused-ring (bicyclic) bond motifs is 2. The van der Waals surface area contributed by atoms with Crippen LogP contribution in [0.25, 0.3) is 32.8 Å². The normalized spacial score (nSPS) is 19.7. The number of methoxy groups -OCH3 is 1. The van der Waals surface area contributed by atoms with Crippen molar-refractivity contribution < 1.29 is 24.2 Å². The van der Waals surface area contributed by atoms with Gasteiger partial charge in [-0.15, -0.1) is 11.3 Å². The molecular weight excluding hydrogens is 554 g/mol. The monoisotopic (exact) mass is 593 g/mol. The van der Waals surface area contributed by atoms with Crippen molar-refractivity contribution in [1.29, 1.82) is 0 Å². The minimum absolute atomic E-state index is 0.165. The summed E-state index contributed by atoms with van der Waals surface area (Å²) < 4.78 is 15.6. The molecule has 1 aliphatic heterocycles. The lowest BCUT2D eigenvalue weighted by Crippen LogP contribution is -2.57. The molecule has 2 N–H and O–H groups in total. The second-order valence-corrected chi connectivity index (χ2v) is 13.4. The summed E-state index contributed by atoms with van der Waals surface area (Å²) in [4.78, 5) is 34.1. The van der Waals surface area contributed by atoms with Gasteiger partial charge in [-0.1, -0.05) is 6.42 Å². The summed E-state index contributed by atoms with van der Waals surface area (Å²) in [7, 11) is 3.59. The number of aryl methyl sites for hydroxylation is 1. The average molecular weight is 594 g/mol. The molecule has 0 spiro atoms. The number of aliphatic hydroxyl groups is 1. The van der Waals surface area contributed by atoms with Gasteiger partial charge >= 0.3 is 6.09 Å². The van der Waals surface area contributed by atoms with E-state index < -0.39 is 23.8 Å². The van der Waals surface area contributed by atoms with Crippen LogP contribution < -0.4 is 10.1 Å². The number of likely N-dealkylation sites (tertiary alicyclic amines) is 1. The second-order valence-electron chi connectivity index (χ2n) is 12.5. The van der Waals surface area contributed by atoms with Crippen molar-refractivity contribution in [2.24, 2.45) is 13.0 Å². The Morgan fingerprint density at radius 2 is 1.98 bits per heavy atom. The second kappa shape index (κ2) is 10.9. The van der Waals surface area contributed by atoms with Crippen LogP contribution in [0.2, 0.25) is 0 Å². The number of ether oxygens (including phenoxy) is 2. The topological polar surface area (TPSA) is 111 Å². The molecule has 2 amide bonds. The van der Waals surface area contributed by atoms with Crippen molar-refractivity contribution in [1.82, 2.24) is 24.3 Å². The number of piperidine rings is 1. The van der Waals surface area contributed by atoms with Gasteiger partial charge in [-0.25, -0.2) is 9.78 Å². The maximum atomic E-state index is 13.7. The predicted octanol–water partition coefficient (Wildman–Crippen LogP) is 5.17. The summed E-state index contributed by atoms with van der Waals surface area (Å²) in [6.07, 6.45) is 2.76. The maximum absolute atomic E-state index is 13.7. The van der Waals surface area contributed by atoms with Gasteiger partial charge in [0.2, 0.25) is 0 Å². The van der Waals surface area contributed by atoms with E-state index in [9.17, 15) is 14.7 Å². The highest BCUT2D eigenvalue weighted by Crippen LogP contribution is 2.38. The zero-order valence-electron chi connectivity index (χ0n) is 24.8. The van der Waals surface area contributed by atoms with Crippen LogP contribution in [-0.2, 0) is 18.3 Å². The van der Waals surface area contributed by atoms with Gasteiger partial charge in [-0.2, -0.15) is 0 Å². The number of nitrogens with zero attached hydrogens (tertiary/aromatic N) is 4. The Balaban J connectivity index is 1.30. The molecule has 0 unspecified atom stereocenters. The van der Waals surface area contributed by atoms with Crippen LogP contribution in [-0.4, -0.2) is 74.1 Å². The fourth-order valence-corrected chi connectivity index (χ4v) is 6.91. The molecule has 6 rings (SSSR count). The number of aromatic nitrogens is 3. The van der Waals surface area contributed by atoms with Crippen LogP contribution in [0.5, 0.6) is 5.75 Å². The largest absolute Gasteiger partial charge is 0.494 e. The number of benzene rings is 1. The summed E-state index contributed by atoms with van der Waals surface area (Å²) in [6.45, 7) is 6.84. The molecule has 11 heteroatoms. The average Bonchev–Trinajstić information content (AvgIpc) is 3.59. The Labute approximate surface area is 249 Å². The Kier molecular flexibility index (Phi) is 7.43. The van der Waals surface area contributed by atoms with Crippen molar-refractivity contribution in [2.45, 2.75) is 70.7 Å². The third-order valence-electron chi connectivity index (χ3n) is 8.36. The lowest BCUT2D eigenvalue weighted by atomic mass is 9.85. The van der Waals surface area contributed by atoms with Crippen LogP contribution in [0.15, 0.2) is 29.6 Å². The molecular formula is C31H39N5O5S. The van der Waals surface area contributed by atoms with Gasteiger partial charge in [0, 0.05) is 37.6 Å². The van der Waals surface area contributed by atoms with Gasteiger partial charge in [0.25, 0.3) is 5.91 Å². The van der Waals surface area contributed by atoms with Gasteiger partial charge in [-0.3, -0.25) is 4.79 Å². The van der Waals surface area contributed by atoms with Crippen LogP contribution in [0, 0.1) is 5.92 Å². The minimum Gasteiger partial charge on any atom is -0.494 e. The minimum atomic E-state index is -0.775. The lowest BCUT2D eigenvalue weighted by molar-refractivity contribution is 0.0210. The number of nitrogens with one attached hydrogen (secondary N) is 1. The van der Waals surface area contributed by atoms with E-state index in [2.05, 4.69) is 32.0 Å². The fraction of sp³-hybridized carbons (Fsp3) is 0.516. The van der Waals surface area contributed by atoms with Crippen molar-refractivity contribution >= 4 is 44.6 Å². The van der Waals surface area contributed by atoms with Crippen LogP contribution in [0.3, 0.4) is 0 Å². The molecule has 1 saturated heterocycles. The SMILES string of the molecule is COc1cc(C(=O)N2CC[C@@H](O)[C@@H](NC(=O)OC(C)(C)C)C2)cc2nc(-c3cc4ccsc4n3CC3CCC3)n(C)c12. The Morgan fingerprint density at radius 1 is 1.19 bits per heavy atom. The lowest BCUT2D eigenvalue weighted by Gasteiger charge is -2.36. The van der Waals surface area contributed by atoms with E-state index in [1.165, 1.54) is 29.5 Å². The zero-order chi connectivity index (χ0) is 29.8. The highest BCUT2D eigenvalue weighted by atomic mass is 32.1. The number of carbonyl (C=O) groups is 2. The van der Waals surface area contributed by atoms with E-state index in [1.54, 1.807) is 50.2 Å². The number of imidazole rings is 1. The van der Waals surface area contributed by atoms with Crippen LogP contribution in [0.1, 0.15) is 56.8 Å². The number of alkyl carbamates (subject to hydrolysis) is 1. The number of amides is 2. The van der Waals surface area contributed by atoms with Gasteiger partial charge < -0.3 is 33.9 Å². The van der Waals surface area contributed by atoms with Crippen LogP contribution >= 0.6 is 11.3 Å². The molecule has 2 fully saturated rings. The maximum Gasteiger partial charge on any atom is 0.408 e. The Morgan fingerprint density at radius 3 is 2.67 bits per heavy atom. The summed E-state index contributed by atoms with van der Waals surface area (Å²) in [5.41, 5.74) is 2.35. The third kappa shape index (κ3) is 5.35. The highest BCUT2D eigenvalue weighted by molar-refractivity contribution is 7.16. The first kappa shape index (κ1) is 28.5. The molecule has 1 aromatic carbocycles. The number of aliphatic hydroxyl groups excluding tert-OH is 1. The van der Waals surface area contributed by atoms with Gasteiger partial charge in [0.15, 0.2) is 5.82 Å². The van der Waals surface area contributed by atoms with E-state index in [4.69, 9.17) is 14.5 Å². The number of carbonyl (C=O) groups excluding carboxylic acids is 2. The van der Waals surface area contributed by atoms with Crippen molar-refractivity contribution in [3.63, 3.8) is 0 Å². The highest BCUT2D eigenvalue weighted by Gasteiger charge is 2.33. The van der Waals surface area contributed by atoms with E-state index >= 15 is 0 Å².